The SMILES string of the molecule is O=C(NCc1cccc(Cn2ccnc2)c1)Nc1ccc(CCN2CCCCC2)cc1. The monoisotopic (exact) mass is 417 g/mol. The third-order valence-corrected chi connectivity index (χ3v) is 5.75. The van der Waals surface area contributed by atoms with E-state index in [1.807, 2.05) is 35.0 Å². The van der Waals surface area contributed by atoms with E-state index in [-0.39, 0.29) is 6.03 Å². The van der Waals surface area contributed by atoms with Crippen molar-refractivity contribution in [3.63, 3.8) is 0 Å². The van der Waals surface area contributed by atoms with Gasteiger partial charge in [0.15, 0.2) is 0 Å². The van der Waals surface area contributed by atoms with Crippen LogP contribution in [0.5, 0.6) is 0 Å². The van der Waals surface area contributed by atoms with Gasteiger partial charge in [-0.05, 0) is 61.2 Å². The minimum Gasteiger partial charge on any atom is -0.334 e. The lowest BCUT2D eigenvalue weighted by atomic mass is 10.1. The van der Waals surface area contributed by atoms with Gasteiger partial charge in [0, 0.05) is 37.7 Å². The van der Waals surface area contributed by atoms with Crippen LogP contribution in [0.1, 0.15) is 36.0 Å². The number of urea groups is 1. The number of piperidine rings is 1. The topological polar surface area (TPSA) is 62.2 Å². The first-order valence-electron chi connectivity index (χ1n) is 11.1. The summed E-state index contributed by atoms with van der Waals surface area (Å²) in [6, 6.07) is 16.2. The van der Waals surface area contributed by atoms with Crippen LogP contribution in [0.3, 0.4) is 0 Å². The van der Waals surface area contributed by atoms with Gasteiger partial charge in [0.1, 0.15) is 0 Å². The summed E-state index contributed by atoms with van der Waals surface area (Å²) in [6.07, 6.45) is 10.6. The highest BCUT2D eigenvalue weighted by atomic mass is 16.2. The molecule has 1 aliphatic heterocycles. The molecule has 0 radical (unpaired) electrons. The van der Waals surface area contributed by atoms with Crippen molar-refractivity contribution in [2.75, 3.05) is 25.0 Å². The Kier molecular flexibility index (Phi) is 7.34. The summed E-state index contributed by atoms with van der Waals surface area (Å²) in [7, 11) is 0. The number of nitrogens with one attached hydrogen (secondary N) is 2. The van der Waals surface area contributed by atoms with Crippen molar-refractivity contribution in [3.8, 4) is 0 Å². The molecule has 1 aromatic heterocycles. The molecule has 0 unspecified atom stereocenters. The van der Waals surface area contributed by atoms with Crippen molar-refractivity contribution in [3.05, 3.63) is 83.9 Å². The third kappa shape index (κ3) is 6.69. The zero-order valence-electron chi connectivity index (χ0n) is 18.0. The number of hydrogen-bond donors (Lipinski definition) is 2. The van der Waals surface area contributed by atoms with Gasteiger partial charge in [0.2, 0.25) is 0 Å². The number of benzene rings is 2. The minimum atomic E-state index is -0.193. The van der Waals surface area contributed by atoms with E-state index in [1.54, 1.807) is 12.5 Å². The number of carbonyl (C=O) groups excluding carboxylic acids is 1. The van der Waals surface area contributed by atoms with Crippen LogP contribution in [0.15, 0.2) is 67.3 Å². The Hall–Kier alpha value is -3.12. The van der Waals surface area contributed by atoms with Crippen LogP contribution >= 0.6 is 0 Å². The van der Waals surface area contributed by atoms with E-state index in [0.717, 1.165) is 30.8 Å². The van der Waals surface area contributed by atoms with Gasteiger partial charge in [0.25, 0.3) is 0 Å². The molecule has 2 heterocycles. The largest absolute Gasteiger partial charge is 0.334 e. The van der Waals surface area contributed by atoms with Gasteiger partial charge in [-0.25, -0.2) is 9.78 Å². The van der Waals surface area contributed by atoms with Crippen molar-refractivity contribution in [1.29, 1.82) is 0 Å². The fourth-order valence-electron chi connectivity index (χ4n) is 4.01. The highest BCUT2D eigenvalue weighted by molar-refractivity contribution is 5.89. The Labute approximate surface area is 184 Å². The Morgan fingerprint density at radius 1 is 0.968 bits per heavy atom. The van der Waals surface area contributed by atoms with Gasteiger partial charge in [0.05, 0.1) is 6.33 Å². The maximum absolute atomic E-state index is 12.3. The van der Waals surface area contributed by atoms with E-state index in [1.165, 1.54) is 43.5 Å². The standard InChI is InChI=1S/C25H31N5O/c31-25(27-18-22-5-4-6-23(17-22)19-30-16-12-26-20-30)28-24-9-7-21(8-10-24)11-15-29-13-2-1-3-14-29/h4-10,12,16-17,20H,1-3,11,13-15,18-19H2,(H2,27,28,31). The molecule has 1 aliphatic rings. The number of likely N-dealkylation sites (tertiary alicyclic amines) is 1. The van der Waals surface area contributed by atoms with E-state index < -0.39 is 0 Å². The lowest BCUT2D eigenvalue weighted by molar-refractivity contribution is 0.231. The van der Waals surface area contributed by atoms with Crippen LogP contribution in [-0.2, 0) is 19.5 Å². The molecule has 6 heteroatoms. The average molecular weight is 418 g/mol. The molecule has 1 fully saturated rings. The zero-order chi connectivity index (χ0) is 21.3. The molecule has 0 spiro atoms. The van der Waals surface area contributed by atoms with Gasteiger partial charge >= 0.3 is 6.03 Å². The van der Waals surface area contributed by atoms with Gasteiger partial charge in [-0.2, -0.15) is 0 Å². The molecule has 162 valence electrons. The van der Waals surface area contributed by atoms with Crippen LogP contribution in [0, 0.1) is 0 Å². The van der Waals surface area contributed by atoms with Crippen molar-refractivity contribution in [1.82, 2.24) is 19.8 Å². The highest BCUT2D eigenvalue weighted by Crippen LogP contribution is 2.13. The number of hydrogen-bond acceptors (Lipinski definition) is 3. The molecule has 31 heavy (non-hydrogen) atoms. The first kappa shape index (κ1) is 21.1. The molecular formula is C25H31N5O. The molecular weight excluding hydrogens is 386 g/mol. The summed E-state index contributed by atoms with van der Waals surface area (Å²) in [5.74, 6) is 0. The van der Waals surface area contributed by atoms with E-state index in [2.05, 4.69) is 44.8 Å². The predicted octanol–water partition coefficient (Wildman–Crippen LogP) is 4.28. The highest BCUT2D eigenvalue weighted by Gasteiger charge is 2.09. The summed E-state index contributed by atoms with van der Waals surface area (Å²) in [4.78, 5) is 18.9. The molecule has 0 saturated carbocycles. The smallest absolute Gasteiger partial charge is 0.319 e. The number of aromatic nitrogens is 2. The summed E-state index contributed by atoms with van der Waals surface area (Å²) in [5.41, 5.74) is 4.37. The number of rotatable bonds is 8. The van der Waals surface area contributed by atoms with Crippen LogP contribution in [0.2, 0.25) is 0 Å². The normalized spacial score (nSPS) is 14.3. The second-order valence-corrected chi connectivity index (χ2v) is 8.21. The van der Waals surface area contributed by atoms with Crippen LogP contribution in [0.4, 0.5) is 10.5 Å². The summed E-state index contributed by atoms with van der Waals surface area (Å²) < 4.78 is 2.02. The Morgan fingerprint density at radius 2 is 1.77 bits per heavy atom. The number of amides is 2. The van der Waals surface area contributed by atoms with Gasteiger partial charge < -0.3 is 20.1 Å². The summed E-state index contributed by atoms with van der Waals surface area (Å²) in [5, 5.41) is 5.86. The van der Waals surface area contributed by atoms with E-state index in [4.69, 9.17) is 0 Å². The molecule has 2 aromatic carbocycles. The van der Waals surface area contributed by atoms with Crippen LogP contribution in [0.25, 0.3) is 0 Å². The number of imidazole rings is 1. The predicted molar refractivity (Wildman–Crippen MR) is 124 cm³/mol. The summed E-state index contributed by atoms with van der Waals surface area (Å²) in [6.45, 7) is 4.83. The van der Waals surface area contributed by atoms with Crippen molar-refractivity contribution in [2.45, 2.75) is 38.8 Å². The maximum Gasteiger partial charge on any atom is 0.319 e. The fraction of sp³-hybridized carbons (Fsp3) is 0.360. The Balaban J connectivity index is 1.21. The maximum atomic E-state index is 12.3. The first-order chi connectivity index (χ1) is 15.2. The molecule has 0 bridgehead atoms. The van der Waals surface area contributed by atoms with Crippen molar-refractivity contribution >= 4 is 11.7 Å². The minimum absolute atomic E-state index is 0.193. The lowest BCUT2D eigenvalue weighted by Crippen LogP contribution is -2.31. The van der Waals surface area contributed by atoms with E-state index >= 15 is 0 Å². The van der Waals surface area contributed by atoms with E-state index in [9.17, 15) is 4.79 Å². The zero-order valence-corrected chi connectivity index (χ0v) is 18.0. The molecule has 2 N–H and O–H groups in total. The van der Waals surface area contributed by atoms with E-state index in [0.29, 0.717) is 6.54 Å². The quantitative estimate of drug-likeness (QED) is 0.575. The van der Waals surface area contributed by atoms with Crippen molar-refractivity contribution in [2.24, 2.45) is 0 Å². The second-order valence-electron chi connectivity index (χ2n) is 8.21. The summed E-state index contributed by atoms with van der Waals surface area (Å²) >= 11 is 0. The average Bonchev–Trinajstić information content (AvgIpc) is 3.31. The number of carbonyl (C=O) groups is 1. The lowest BCUT2D eigenvalue weighted by Gasteiger charge is -2.26. The molecule has 6 nitrogen and oxygen atoms in total. The first-order valence-corrected chi connectivity index (χ1v) is 11.1. The second kappa shape index (κ2) is 10.8. The molecule has 2 amide bonds. The van der Waals surface area contributed by atoms with Gasteiger partial charge in [-0.3, -0.25) is 0 Å². The number of anilines is 1. The molecule has 4 rings (SSSR count). The molecule has 0 atom stereocenters. The Bertz CT molecular complexity index is 946. The van der Waals surface area contributed by atoms with Crippen LogP contribution < -0.4 is 10.6 Å². The van der Waals surface area contributed by atoms with Crippen molar-refractivity contribution < 1.29 is 4.79 Å². The molecule has 1 saturated heterocycles. The molecule has 0 aliphatic carbocycles. The molecule has 3 aromatic rings. The van der Waals surface area contributed by atoms with Gasteiger partial charge in [-0.15, -0.1) is 0 Å². The fourth-order valence-corrected chi connectivity index (χ4v) is 4.01. The van der Waals surface area contributed by atoms with Crippen LogP contribution in [-0.4, -0.2) is 40.1 Å². The third-order valence-electron chi connectivity index (χ3n) is 5.75. The number of nitrogens with zero attached hydrogens (tertiary/aromatic N) is 3. The Morgan fingerprint density at radius 3 is 2.55 bits per heavy atom. The van der Waals surface area contributed by atoms with Gasteiger partial charge in [-0.1, -0.05) is 42.8 Å².